The van der Waals surface area contributed by atoms with Crippen LogP contribution in [0.3, 0.4) is 0 Å². The summed E-state index contributed by atoms with van der Waals surface area (Å²) >= 11 is 0. The van der Waals surface area contributed by atoms with Gasteiger partial charge in [-0.3, -0.25) is 0 Å². The fraction of sp³-hybridized carbons (Fsp3) is 0.500. The highest BCUT2D eigenvalue weighted by molar-refractivity contribution is 5.39. The van der Waals surface area contributed by atoms with Crippen LogP contribution in [0.1, 0.15) is 18.9 Å². The predicted molar refractivity (Wildman–Crippen MR) is 62.3 cm³/mol. The van der Waals surface area contributed by atoms with Crippen LogP contribution in [0.2, 0.25) is 0 Å². The smallest absolute Gasteiger partial charge is 0.0314 e. The Morgan fingerprint density at radius 1 is 1.21 bits per heavy atom. The Bertz CT molecular complexity index is 254. The van der Waals surface area contributed by atoms with Gasteiger partial charge in [0.1, 0.15) is 0 Å². The van der Waals surface area contributed by atoms with Crippen LogP contribution < -0.4 is 5.73 Å². The average Bonchev–Trinajstić information content (AvgIpc) is 2.21. The Hall–Kier alpha value is -1.02. The number of benzene rings is 1. The maximum Gasteiger partial charge on any atom is 0.0314 e. The maximum atomic E-state index is 5.62. The van der Waals surface area contributed by atoms with Crippen LogP contribution in [-0.4, -0.2) is 25.0 Å². The summed E-state index contributed by atoms with van der Waals surface area (Å²) in [6, 6.07) is 8.17. The molecule has 0 bridgehead atoms. The van der Waals surface area contributed by atoms with Gasteiger partial charge in [-0.1, -0.05) is 19.1 Å². The van der Waals surface area contributed by atoms with Gasteiger partial charge in [0.25, 0.3) is 0 Å². The molecule has 0 heterocycles. The largest absolute Gasteiger partial charge is 0.399 e. The number of aryl methyl sites for hydroxylation is 1. The summed E-state index contributed by atoms with van der Waals surface area (Å²) in [4.78, 5) is 2.33. The van der Waals surface area contributed by atoms with Crippen LogP contribution in [0.4, 0.5) is 5.69 Å². The van der Waals surface area contributed by atoms with E-state index >= 15 is 0 Å². The van der Waals surface area contributed by atoms with Crippen molar-refractivity contribution in [2.45, 2.75) is 19.8 Å². The molecule has 0 saturated carbocycles. The SMILES string of the molecule is CCN(C)CCCc1ccc(N)cc1. The summed E-state index contributed by atoms with van der Waals surface area (Å²) in [5.41, 5.74) is 7.84. The zero-order chi connectivity index (χ0) is 10.4. The Balaban J connectivity index is 2.28. The molecule has 0 aliphatic heterocycles. The van der Waals surface area contributed by atoms with Gasteiger partial charge in [-0.05, 0) is 50.7 Å². The number of nitrogens with zero attached hydrogens (tertiary/aromatic N) is 1. The highest BCUT2D eigenvalue weighted by Gasteiger charge is 1.96. The molecule has 0 aliphatic carbocycles. The predicted octanol–water partition coefficient (Wildman–Crippen LogP) is 2.15. The second kappa shape index (κ2) is 5.66. The lowest BCUT2D eigenvalue weighted by Crippen LogP contribution is -2.19. The highest BCUT2D eigenvalue weighted by Crippen LogP contribution is 2.07. The van der Waals surface area contributed by atoms with E-state index in [1.807, 2.05) is 12.1 Å². The number of nitrogens with two attached hydrogens (primary N) is 1. The highest BCUT2D eigenvalue weighted by atomic mass is 15.1. The summed E-state index contributed by atoms with van der Waals surface area (Å²) in [5, 5.41) is 0. The Morgan fingerprint density at radius 3 is 2.43 bits per heavy atom. The lowest BCUT2D eigenvalue weighted by Gasteiger charge is -2.13. The van der Waals surface area contributed by atoms with E-state index in [0.29, 0.717) is 0 Å². The fourth-order valence-corrected chi connectivity index (χ4v) is 1.40. The first kappa shape index (κ1) is 11.1. The van der Waals surface area contributed by atoms with E-state index in [2.05, 4.69) is 31.0 Å². The molecule has 2 N–H and O–H groups in total. The molecule has 1 rings (SSSR count). The van der Waals surface area contributed by atoms with Crippen molar-refractivity contribution < 1.29 is 0 Å². The molecule has 14 heavy (non-hydrogen) atoms. The number of anilines is 1. The van der Waals surface area contributed by atoms with Crippen LogP contribution in [-0.2, 0) is 6.42 Å². The van der Waals surface area contributed by atoms with Crippen LogP contribution in [0.25, 0.3) is 0 Å². The van der Waals surface area contributed by atoms with Gasteiger partial charge in [0.05, 0.1) is 0 Å². The molecule has 2 heteroatoms. The van der Waals surface area contributed by atoms with Crippen molar-refractivity contribution in [2.75, 3.05) is 25.9 Å². The first-order valence-corrected chi connectivity index (χ1v) is 5.25. The molecule has 0 unspecified atom stereocenters. The third-order valence-corrected chi connectivity index (χ3v) is 2.52. The van der Waals surface area contributed by atoms with Gasteiger partial charge < -0.3 is 10.6 Å². The quantitative estimate of drug-likeness (QED) is 0.724. The van der Waals surface area contributed by atoms with E-state index in [-0.39, 0.29) is 0 Å². The van der Waals surface area contributed by atoms with Crippen molar-refractivity contribution in [1.29, 1.82) is 0 Å². The Labute approximate surface area is 86.7 Å². The normalized spacial score (nSPS) is 10.8. The molecule has 0 saturated heterocycles. The lowest BCUT2D eigenvalue weighted by molar-refractivity contribution is 0.347. The molecule has 0 aliphatic rings. The second-order valence-electron chi connectivity index (χ2n) is 3.74. The minimum atomic E-state index is 0.847. The molecule has 0 amide bonds. The third-order valence-electron chi connectivity index (χ3n) is 2.52. The minimum Gasteiger partial charge on any atom is -0.399 e. The molecule has 0 atom stereocenters. The topological polar surface area (TPSA) is 29.3 Å². The monoisotopic (exact) mass is 192 g/mol. The summed E-state index contributed by atoms with van der Waals surface area (Å²) in [6.45, 7) is 4.48. The second-order valence-corrected chi connectivity index (χ2v) is 3.74. The molecular formula is C12H20N2. The van der Waals surface area contributed by atoms with Crippen LogP contribution in [0, 0.1) is 0 Å². The van der Waals surface area contributed by atoms with Crippen LogP contribution >= 0.6 is 0 Å². The molecule has 0 aromatic heterocycles. The molecule has 1 aromatic carbocycles. The zero-order valence-electron chi connectivity index (χ0n) is 9.16. The summed E-state index contributed by atoms with van der Waals surface area (Å²) < 4.78 is 0. The van der Waals surface area contributed by atoms with Gasteiger partial charge in [0, 0.05) is 5.69 Å². The standard InChI is InChI=1S/C12H20N2/c1-3-14(2)10-4-5-11-6-8-12(13)9-7-11/h6-9H,3-5,10,13H2,1-2H3. The molecule has 1 aromatic rings. The van der Waals surface area contributed by atoms with Crippen molar-refractivity contribution in [3.63, 3.8) is 0 Å². The molecule has 2 nitrogen and oxygen atoms in total. The molecule has 78 valence electrons. The molecular weight excluding hydrogens is 172 g/mol. The third kappa shape index (κ3) is 3.79. The van der Waals surface area contributed by atoms with Crippen LogP contribution in [0.5, 0.6) is 0 Å². The van der Waals surface area contributed by atoms with Gasteiger partial charge in [0.15, 0.2) is 0 Å². The average molecular weight is 192 g/mol. The van der Waals surface area contributed by atoms with Crippen molar-refractivity contribution in [3.8, 4) is 0 Å². The van der Waals surface area contributed by atoms with Crippen LogP contribution in [0.15, 0.2) is 24.3 Å². The van der Waals surface area contributed by atoms with E-state index < -0.39 is 0 Å². The van der Waals surface area contributed by atoms with Crippen molar-refractivity contribution >= 4 is 5.69 Å². The van der Waals surface area contributed by atoms with Gasteiger partial charge in [-0.2, -0.15) is 0 Å². The molecule has 0 fully saturated rings. The van der Waals surface area contributed by atoms with Crippen molar-refractivity contribution in [3.05, 3.63) is 29.8 Å². The van der Waals surface area contributed by atoms with E-state index in [1.165, 1.54) is 18.5 Å². The van der Waals surface area contributed by atoms with Gasteiger partial charge in [-0.25, -0.2) is 0 Å². The lowest BCUT2D eigenvalue weighted by atomic mass is 10.1. The Kier molecular flexibility index (Phi) is 4.47. The van der Waals surface area contributed by atoms with Crippen molar-refractivity contribution in [1.82, 2.24) is 4.90 Å². The number of nitrogen functional groups attached to an aromatic ring is 1. The van der Waals surface area contributed by atoms with E-state index in [9.17, 15) is 0 Å². The summed E-state index contributed by atoms with van der Waals surface area (Å²) in [7, 11) is 2.16. The minimum absolute atomic E-state index is 0.847. The van der Waals surface area contributed by atoms with Gasteiger partial charge in [0.2, 0.25) is 0 Å². The number of hydrogen-bond acceptors (Lipinski definition) is 2. The number of rotatable bonds is 5. The van der Waals surface area contributed by atoms with E-state index in [1.54, 1.807) is 0 Å². The summed E-state index contributed by atoms with van der Waals surface area (Å²) in [6.07, 6.45) is 2.36. The first-order valence-electron chi connectivity index (χ1n) is 5.25. The Morgan fingerprint density at radius 2 is 1.86 bits per heavy atom. The maximum absolute atomic E-state index is 5.62. The van der Waals surface area contributed by atoms with Gasteiger partial charge in [-0.15, -0.1) is 0 Å². The number of hydrogen-bond donors (Lipinski definition) is 1. The summed E-state index contributed by atoms with van der Waals surface area (Å²) in [5.74, 6) is 0. The van der Waals surface area contributed by atoms with Gasteiger partial charge >= 0.3 is 0 Å². The molecule has 0 spiro atoms. The zero-order valence-corrected chi connectivity index (χ0v) is 9.16. The van der Waals surface area contributed by atoms with E-state index in [4.69, 9.17) is 5.73 Å². The molecule has 0 radical (unpaired) electrons. The van der Waals surface area contributed by atoms with Crippen molar-refractivity contribution in [2.24, 2.45) is 0 Å². The first-order chi connectivity index (χ1) is 6.72. The fourth-order valence-electron chi connectivity index (χ4n) is 1.40. The van der Waals surface area contributed by atoms with E-state index in [0.717, 1.165) is 18.7 Å².